The summed E-state index contributed by atoms with van der Waals surface area (Å²) in [5.74, 6) is -1.30. The quantitative estimate of drug-likeness (QED) is 0.610. The van der Waals surface area contributed by atoms with Crippen molar-refractivity contribution < 1.29 is 31.9 Å². The van der Waals surface area contributed by atoms with E-state index >= 15 is 0 Å². The van der Waals surface area contributed by atoms with Crippen molar-refractivity contribution in [1.82, 2.24) is 14.8 Å². The molecule has 2 amide bonds. The number of aromatic nitrogens is 3. The fourth-order valence-electron chi connectivity index (χ4n) is 3.24. The molecule has 0 aliphatic carbocycles. The van der Waals surface area contributed by atoms with Gasteiger partial charge in [0.1, 0.15) is 5.82 Å². The van der Waals surface area contributed by atoms with Gasteiger partial charge in [0, 0.05) is 12.4 Å². The third-order valence-electron chi connectivity index (χ3n) is 4.77. The van der Waals surface area contributed by atoms with Crippen molar-refractivity contribution in [3.05, 3.63) is 66.4 Å². The Kier molecular flexibility index (Phi) is 5.28. The van der Waals surface area contributed by atoms with Crippen LogP contribution < -0.4 is 10.2 Å². The number of hydrogen-bond donors (Lipinski definition) is 1. The minimum absolute atomic E-state index is 0.000423. The molecule has 32 heavy (non-hydrogen) atoms. The van der Waals surface area contributed by atoms with Crippen molar-refractivity contribution in [3.8, 4) is 5.69 Å². The number of cyclic esters (lactones) is 1. The molecule has 1 saturated heterocycles. The van der Waals surface area contributed by atoms with Crippen LogP contribution in [0.25, 0.3) is 5.69 Å². The number of carbonyl (C=O) groups excluding carboxylic acids is 2. The van der Waals surface area contributed by atoms with Crippen molar-refractivity contribution in [1.29, 1.82) is 0 Å². The van der Waals surface area contributed by atoms with Crippen LogP contribution in [0.5, 0.6) is 0 Å². The highest BCUT2D eigenvalue weighted by Gasteiger charge is 2.55. The van der Waals surface area contributed by atoms with E-state index in [4.69, 9.17) is 0 Å². The highest BCUT2D eigenvalue weighted by molar-refractivity contribution is 6.05. The minimum atomic E-state index is -4.75. The Morgan fingerprint density at radius 2 is 1.88 bits per heavy atom. The van der Waals surface area contributed by atoms with Gasteiger partial charge in [-0.1, -0.05) is 0 Å². The summed E-state index contributed by atoms with van der Waals surface area (Å²) in [6.45, 7) is 1.17. The predicted molar refractivity (Wildman–Crippen MR) is 104 cm³/mol. The summed E-state index contributed by atoms with van der Waals surface area (Å²) in [7, 11) is 0. The summed E-state index contributed by atoms with van der Waals surface area (Å²) in [5, 5.41) is 6.62. The number of benzene rings is 1. The molecule has 1 aliphatic heterocycles. The van der Waals surface area contributed by atoms with Crippen molar-refractivity contribution in [2.45, 2.75) is 25.2 Å². The van der Waals surface area contributed by atoms with E-state index in [-0.39, 0.29) is 17.2 Å². The van der Waals surface area contributed by atoms with E-state index in [1.807, 2.05) is 0 Å². The maximum Gasteiger partial charge on any atom is 0.427 e. The fraction of sp³-hybridized carbons (Fsp3) is 0.200. The van der Waals surface area contributed by atoms with Gasteiger partial charge in [0.15, 0.2) is 11.5 Å². The number of anilines is 2. The zero-order valence-corrected chi connectivity index (χ0v) is 16.4. The van der Waals surface area contributed by atoms with Gasteiger partial charge in [-0.05, 0) is 49.4 Å². The highest BCUT2D eigenvalue weighted by atomic mass is 19.4. The average molecular weight is 449 g/mol. The first-order chi connectivity index (χ1) is 15.1. The smallest absolute Gasteiger partial charge is 0.427 e. The molecule has 0 radical (unpaired) electrons. The molecule has 0 saturated carbocycles. The molecule has 1 aromatic carbocycles. The number of rotatable bonds is 4. The first-order valence-corrected chi connectivity index (χ1v) is 9.29. The predicted octanol–water partition coefficient (Wildman–Crippen LogP) is 3.93. The van der Waals surface area contributed by atoms with Gasteiger partial charge in [0.2, 0.25) is 6.10 Å². The van der Waals surface area contributed by atoms with Gasteiger partial charge in [-0.15, -0.1) is 0 Å². The molecule has 0 spiro atoms. The summed E-state index contributed by atoms with van der Waals surface area (Å²) in [5.41, 5.74) is 0.495. The van der Waals surface area contributed by atoms with Crippen molar-refractivity contribution >= 4 is 23.5 Å². The van der Waals surface area contributed by atoms with Crippen LogP contribution in [-0.2, 0) is 4.74 Å². The third kappa shape index (κ3) is 3.98. The largest absolute Gasteiger partial charge is 0.434 e. The van der Waals surface area contributed by atoms with Crippen molar-refractivity contribution in [2.75, 3.05) is 10.2 Å². The van der Waals surface area contributed by atoms with Crippen LogP contribution in [0.3, 0.4) is 0 Å². The molecule has 2 aromatic heterocycles. The van der Waals surface area contributed by atoms with Crippen molar-refractivity contribution in [2.24, 2.45) is 0 Å². The normalized spacial score (nSPS) is 18.5. The Morgan fingerprint density at radius 1 is 1.16 bits per heavy atom. The molecular weight excluding hydrogens is 434 g/mol. The minimum Gasteiger partial charge on any atom is -0.434 e. The Balaban J connectivity index is 1.57. The maximum atomic E-state index is 13.1. The molecule has 8 nitrogen and oxygen atoms in total. The van der Waals surface area contributed by atoms with Gasteiger partial charge in [-0.3, -0.25) is 9.69 Å². The molecule has 3 aromatic rings. The van der Waals surface area contributed by atoms with Crippen LogP contribution >= 0.6 is 0 Å². The van der Waals surface area contributed by atoms with Crippen LogP contribution in [0.4, 0.5) is 33.9 Å². The van der Waals surface area contributed by atoms with Crippen LogP contribution in [0.1, 0.15) is 17.4 Å². The molecule has 2 atom stereocenters. The SMILES string of the molecule is C[C@@H]1[C@H](C(F)(F)F)OC(=O)N1c1ncccc1NC(=O)c1ccn(-c2ccc(F)cc2)n1. The van der Waals surface area contributed by atoms with E-state index in [1.54, 1.807) is 0 Å². The number of carbonyl (C=O) groups is 2. The highest BCUT2D eigenvalue weighted by Crippen LogP contribution is 2.37. The maximum absolute atomic E-state index is 13.1. The van der Waals surface area contributed by atoms with E-state index < -0.39 is 36.1 Å². The Morgan fingerprint density at radius 3 is 2.53 bits per heavy atom. The van der Waals surface area contributed by atoms with Gasteiger partial charge < -0.3 is 10.1 Å². The average Bonchev–Trinajstić information content (AvgIpc) is 3.34. The van der Waals surface area contributed by atoms with E-state index in [0.717, 1.165) is 4.90 Å². The van der Waals surface area contributed by atoms with Gasteiger partial charge >= 0.3 is 12.3 Å². The second kappa shape index (κ2) is 7.94. The number of ether oxygens (including phenoxy) is 1. The molecule has 12 heteroatoms. The van der Waals surface area contributed by atoms with E-state index in [1.165, 1.54) is 66.5 Å². The van der Waals surface area contributed by atoms with Crippen LogP contribution in [0.15, 0.2) is 54.9 Å². The Hall–Kier alpha value is -3.96. The van der Waals surface area contributed by atoms with Gasteiger partial charge in [0.25, 0.3) is 5.91 Å². The summed E-state index contributed by atoms with van der Waals surface area (Å²) in [4.78, 5) is 29.5. The topological polar surface area (TPSA) is 89.4 Å². The standard InChI is InChI=1S/C20H15F4N5O3/c1-11-16(20(22,23)24)32-19(31)29(11)17-14(3-2-9-25-17)26-18(30)15-8-10-28(27-15)13-6-4-12(21)5-7-13/h2-11,16H,1H3,(H,26,30)/t11-,16-/m1/s1. The monoisotopic (exact) mass is 449 g/mol. The third-order valence-corrected chi connectivity index (χ3v) is 4.77. The summed E-state index contributed by atoms with van der Waals surface area (Å²) in [6, 6.07) is 8.27. The van der Waals surface area contributed by atoms with E-state index in [2.05, 4.69) is 20.1 Å². The lowest BCUT2D eigenvalue weighted by atomic mass is 10.1. The zero-order valence-electron chi connectivity index (χ0n) is 16.4. The fourth-order valence-corrected chi connectivity index (χ4v) is 3.24. The molecule has 1 N–H and O–H groups in total. The van der Waals surface area contributed by atoms with Crippen LogP contribution in [0, 0.1) is 5.82 Å². The second-order valence-corrected chi connectivity index (χ2v) is 6.91. The van der Waals surface area contributed by atoms with Crippen LogP contribution in [-0.4, -0.2) is 45.1 Å². The van der Waals surface area contributed by atoms with Crippen molar-refractivity contribution in [3.63, 3.8) is 0 Å². The number of pyridine rings is 1. The lowest BCUT2D eigenvalue weighted by Gasteiger charge is -2.22. The molecule has 166 valence electrons. The first-order valence-electron chi connectivity index (χ1n) is 9.29. The number of alkyl halides is 3. The molecular formula is C20H15F4N5O3. The van der Waals surface area contributed by atoms with Gasteiger partial charge in [0.05, 0.1) is 17.4 Å². The van der Waals surface area contributed by atoms with E-state index in [9.17, 15) is 27.2 Å². The van der Waals surface area contributed by atoms with Crippen LogP contribution in [0.2, 0.25) is 0 Å². The Bertz CT molecular complexity index is 1160. The lowest BCUT2D eigenvalue weighted by Crippen LogP contribution is -2.41. The number of nitrogens with one attached hydrogen (secondary N) is 1. The number of halogens is 4. The van der Waals surface area contributed by atoms with Gasteiger partial charge in [-0.25, -0.2) is 18.9 Å². The zero-order chi connectivity index (χ0) is 23.0. The Labute approximate surface area is 178 Å². The van der Waals surface area contributed by atoms with Gasteiger partial charge in [-0.2, -0.15) is 18.3 Å². The number of nitrogens with zero attached hydrogens (tertiary/aromatic N) is 4. The summed E-state index contributed by atoms with van der Waals surface area (Å²) in [6.07, 6.45) is -5.55. The molecule has 1 aliphatic rings. The molecule has 0 unspecified atom stereocenters. The lowest BCUT2D eigenvalue weighted by molar-refractivity contribution is -0.198. The summed E-state index contributed by atoms with van der Waals surface area (Å²) >= 11 is 0. The molecule has 4 rings (SSSR count). The molecule has 0 bridgehead atoms. The first kappa shape index (κ1) is 21.3. The number of hydrogen-bond acceptors (Lipinski definition) is 5. The summed E-state index contributed by atoms with van der Waals surface area (Å²) < 4.78 is 58.4. The second-order valence-electron chi connectivity index (χ2n) is 6.91. The number of amides is 2. The molecule has 3 heterocycles. The molecule has 1 fully saturated rings. The van der Waals surface area contributed by atoms with E-state index in [0.29, 0.717) is 5.69 Å².